The van der Waals surface area contributed by atoms with Gasteiger partial charge in [0, 0.05) is 32.2 Å². The molecule has 2 aliphatic rings. The molecule has 122 valence electrons. The number of carbonyl (C=O) groups is 1. The van der Waals surface area contributed by atoms with Crippen LogP contribution in [0.3, 0.4) is 0 Å². The minimum absolute atomic E-state index is 0.0654. The topological polar surface area (TPSA) is 35.5 Å². The number of ketones is 1. The Morgan fingerprint density at radius 1 is 1.24 bits per heavy atom. The first-order chi connectivity index (χ1) is 9.80. The Bertz CT molecular complexity index is 344. The van der Waals surface area contributed by atoms with Crippen LogP contribution in [0.15, 0.2) is 0 Å². The molecule has 0 radical (unpaired) electrons. The van der Waals surface area contributed by atoms with Crippen molar-refractivity contribution in [2.45, 2.75) is 71.8 Å². The summed E-state index contributed by atoms with van der Waals surface area (Å²) in [5, 5.41) is 0. The predicted octanol–water partition coefficient (Wildman–Crippen LogP) is 3.99. The highest BCUT2D eigenvalue weighted by Crippen LogP contribution is 2.38. The van der Waals surface area contributed by atoms with E-state index in [0.717, 1.165) is 58.3 Å². The highest BCUT2D eigenvalue weighted by molar-refractivity contribution is 5.81. The molecule has 3 nitrogen and oxygen atoms in total. The smallest absolute Gasteiger partial charge is 0.136 e. The molecule has 0 aromatic carbocycles. The average Bonchev–Trinajstić information content (AvgIpc) is 2.37. The van der Waals surface area contributed by atoms with Gasteiger partial charge in [-0.05, 0) is 43.4 Å². The molecule has 2 aliphatic heterocycles. The molecule has 2 saturated heterocycles. The highest BCUT2D eigenvalue weighted by atomic mass is 16.5. The Balaban J connectivity index is 1.87. The molecule has 0 bridgehead atoms. The van der Waals surface area contributed by atoms with Crippen LogP contribution in [-0.4, -0.2) is 31.2 Å². The fourth-order valence-electron chi connectivity index (χ4n) is 4.02. The Labute approximate surface area is 129 Å². The summed E-state index contributed by atoms with van der Waals surface area (Å²) in [5.41, 5.74) is 0.237. The molecular weight excluding hydrogens is 264 g/mol. The van der Waals surface area contributed by atoms with E-state index in [4.69, 9.17) is 9.47 Å². The first kappa shape index (κ1) is 17.0. The van der Waals surface area contributed by atoms with Gasteiger partial charge in [-0.1, -0.05) is 27.7 Å². The van der Waals surface area contributed by atoms with Crippen LogP contribution in [0, 0.1) is 17.3 Å². The van der Waals surface area contributed by atoms with E-state index in [1.807, 2.05) is 0 Å². The van der Waals surface area contributed by atoms with E-state index < -0.39 is 0 Å². The van der Waals surface area contributed by atoms with Crippen LogP contribution in [0.5, 0.6) is 0 Å². The molecule has 0 aromatic heterocycles. The van der Waals surface area contributed by atoms with E-state index in [1.54, 1.807) is 0 Å². The van der Waals surface area contributed by atoms with Gasteiger partial charge in [0.15, 0.2) is 0 Å². The molecule has 0 aromatic rings. The normalized spacial score (nSPS) is 27.5. The summed E-state index contributed by atoms with van der Waals surface area (Å²) in [4.78, 5) is 12.6. The number of ether oxygens (including phenoxy) is 2. The standard InChI is InChI=1S/C18H32O3/c1-14(12-17(2,3)4)11-16(19)15-5-8-21-18(13-15)6-9-20-10-7-18/h14-15H,5-13H2,1-4H3. The zero-order valence-electron chi connectivity index (χ0n) is 14.2. The average molecular weight is 296 g/mol. The van der Waals surface area contributed by atoms with E-state index >= 15 is 0 Å². The Morgan fingerprint density at radius 3 is 2.52 bits per heavy atom. The molecule has 2 unspecified atom stereocenters. The third-order valence-corrected chi connectivity index (χ3v) is 4.86. The minimum atomic E-state index is -0.0654. The van der Waals surface area contributed by atoms with E-state index in [0.29, 0.717) is 17.1 Å². The van der Waals surface area contributed by atoms with Gasteiger partial charge in [0.25, 0.3) is 0 Å². The zero-order valence-corrected chi connectivity index (χ0v) is 14.2. The van der Waals surface area contributed by atoms with Gasteiger partial charge < -0.3 is 9.47 Å². The number of rotatable bonds is 4. The molecule has 2 heterocycles. The predicted molar refractivity (Wildman–Crippen MR) is 84.3 cm³/mol. The first-order valence-electron chi connectivity index (χ1n) is 8.54. The molecule has 1 spiro atoms. The van der Waals surface area contributed by atoms with Gasteiger partial charge in [0.2, 0.25) is 0 Å². The van der Waals surface area contributed by atoms with Gasteiger partial charge in [-0.3, -0.25) is 4.79 Å². The molecule has 0 aliphatic carbocycles. The van der Waals surface area contributed by atoms with Gasteiger partial charge >= 0.3 is 0 Å². The van der Waals surface area contributed by atoms with E-state index in [-0.39, 0.29) is 11.5 Å². The monoisotopic (exact) mass is 296 g/mol. The van der Waals surface area contributed by atoms with Gasteiger partial charge in [0.1, 0.15) is 5.78 Å². The number of hydrogen-bond donors (Lipinski definition) is 0. The van der Waals surface area contributed by atoms with Crippen LogP contribution in [0.4, 0.5) is 0 Å². The lowest BCUT2D eigenvalue weighted by Crippen LogP contribution is -2.46. The Kier molecular flexibility index (Phi) is 5.48. The number of Topliss-reactive ketones (excluding diaryl/α,β-unsaturated/α-hetero) is 1. The molecule has 2 fully saturated rings. The van der Waals surface area contributed by atoms with Crippen molar-refractivity contribution in [1.82, 2.24) is 0 Å². The maximum absolute atomic E-state index is 12.6. The summed E-state index contributed by atoms with van der Waals surface area (Å²) in [5.74, 6) is 1.14. The van der Waals surface area contributed by atoms with Crippen LogP contribution in [-0.2, 0) is 14.3 Å². The summed E-state index contributed by atoms with van der Waals surface area (Å²) < 4.78 is 11.5. The SMILES string of the molecule is CC(CC(=O)C1CCOC2(CCOCC2)C1)CC(C)(C)C. The molecule has 2 atom stereocenters. The Hall–Kier alpha value is -0.410. The molecule has 0 N–H and O–H groups in total. The van der Waals surface area contributed by atoms with Crippen molar-refractivity contribution in [3.8, 4) is 0 Å². The lowest BCUT2D eigenvalue weighted by molar-refractivity contribution is -0.157. The summed E-state index contributed by atoms with van der Waals surface area (Å²) in [7, 11) is 0. The summed E-state index contributed by atoms with van der Waals surface area (Å²) >= 11 is 0. The van der Waals surface area contributed by atoms with E-state index in [2.05, 4.69) is 27.7 Å². The molecule has 3 heteroatoms. The fourth-order valence-corrected chi connectivity index (χ4v) is 4.02. The molecule has 21 heavy (non-hydrogen) atoms. The molecular formula is C18H32O3. The molecule has 0 saturated carbocycles. The van der Waals surface area contributed by atoms with Crippen LogP contribution < -0.4 is 0 Å². The quantitative estimate of drug-likeness (QED) is 0.787. The minimum Gasteiger partial charge on any atom is -0.381 e. The molecule has 2 rings (SSSR count). The number of hydrogen-bond acceptors (Lipinski definition) is 3. The lowest BCUT2D eigenvalue weighted by atomic mass is 9.76. The van der Waals surface area contributed by atoms with Crippen LogP contribution in [0.1, 0.15) is 66.2 Å². The van der Waals surface area contributed by atoms with Crippen molar-refractivity contribution in [3.05, 3.63) is 0 Å². The second-order valence-corrected chi connectivity index (χ2v) is 8.37. The highest BCUT2D eigenvalue weighted by Gasteiger charge is 2.41. The van der Waals surface area contributed by atoms with E-state index in [1.165, 1.54) is 0 Å². The maximum Gasteiger partial charge on any atom is 0.136 e. The van der Waals surface area contributed by atoms with E-state index in [9.17, 15) is 4.79 Å². The van der Waals surface area contributed by atoms with Crippen molar-refractivity contribution in [3.63, 3.8) is 0 Å². The van der Waals surface area contributed by atoms with Crippen molar-refractivity contribution in [2.75, 3.05) is 19.8 Å². The largest absolute Gasteiger partial charge is 0.381 e. The van der Waals surface area contributed by atoms with Crippen molar-refractivity contribution in [2.24, 2.45) is 17.3 Å². The summed E-state index contributed by atoms with van der Waals surface area (Å²) in [6.07, 6.45) is 5.57. The van der Waals surface area contributed by atoms with Crippen molar-refractivity contribution < 1.29 is 14.3 Å². The van der Waals surface area contributed by atoms with Crippen LogP contribution in [0.2, 0.25) is 0 Å². The lowest BCUT2D eigenvalue weighted by Gasteiger charge is -2.43. The third-order valence-electron chi connectivity index (χ3n) is 4.86. The fraction of sp³-hybridized carbons (Fsp3) is 0.944. The van der Waals surface area contributed by atoms with Gasteiger partial charge in [0.05, 0.1) is 5.60 Å². The van der Waals surface area contributed by atoms with Gasteiger partial charge in [-0.2, -0.15) is 0 Å². The Morgan fingerprint density at radius 2 is 1.90 bits per heavy atom. The zero-order chi connectivity index (χ0) is 15.5. The second kappa shape index (κ2) is 6.78. The number of carbonyl (C=O) groups excluding carboxylic acids is 1. The second-order valence-electron chi connectivity index (χ2n) is 8.37. The van der Waals surface area contributed by atoms with Gasteiger partial charge in [-0.15, -0.1) is 0 Å². The first-order valence-corrected chi connectivity index (χ1v) is 8.54. The van der Waals surface area contributed by atoms with Crippen molar-refractivity contribution >= 4 is 5.78 Å². The third kappa shape index (κ3) is 5.07. The van der Waals surface area contributed by atoms with Gasteiger partial charge in [-0.25, -0.2) is 0 Å². The summed E-state index contributed by atoms with van der Waals surface area (Å²) in [6.45, 7) is 11.3. The van der Waals surface area contributed by atoms with Crippen LogP contribution in [0.25, 0.3) is 0 Å². The maximum atomic E-state index is 12.6. The van der Waals surface area contributed by atoms with Crippen LogP contribution >= 0.6 is 0 Å². The summed E-state index contributed by atoms with van der Waals surface area (Å²) in [6, 6.07) is 0. The molecule has 0 amide bonds. The van der Waals surface area contributed by atoms with Crippen molar-refractivity contribution in [1.29, 1.82) is 0 Å².